The molecule has 2 aromatic rings. The second-order valence-electron chi connectivity index (χ2n) is 6.86. The van der Waals surface area contributed by atoms with Crippen LogP contribution in [0.5, 0.6) is 0 Å². The summed E-state index contributed by atoms with van der Waals surface area (Å²) in [6, 6.07) is 6.27. The van der Waals surface area contributed by atoms with Gasteiger partial charge < -0.3 is 15.7 Å². The monoisotopic (exact) mass is 342 g/mol. The van der Waals surface area contributed by atoms with Crippen LogP contribution in [0.15, 0.2) is 24.3 Å². The summed E-state index contributed by atoms with van der Waals surface area (Å²) in [6.45, 7) is 0.912. The predicted molar refractivity (Wildman–Crippen MR) is 95.2 cm³/mol. The van der Waals surface area contributed by atoms with Crippen LogP contribution in [0.1, 0.15) is 55.3 Å². The third-order valence-corrected chi connectivity index (χ3v) is 5.02. The Kier molecular flexibility index (Phi) is 4.53. The van der Waals surface area contributed by atoms with Gasteiger partial charge in [0.05, 0.1) is 11.4 Å². The van der Waals surface area contributed by atoms with Crippen molar-refractivity contribution in [3.05, 3.63) is 47.2 Å². The zero-order chi connectivity index (χ0) is 17.2. The average molecular weight is 342 g/mol. The molecule has 1 fully saturated rings. The van der Waals surface area contributed by atoms with E-state index in [1.54, 1.807) is 12.1 Å². The van der Waals surface area contributed by atoms with Gasteiger partial charge in [0.15, 0.2) is 11.6 Å². The fraction of sp³-hybridized carbons (Fsp3) is 0.474. The lowest BCUT2D eigenvalue weighted by Crippen LogP contribution is -2.23. The lowest BCUT2D eigenvalue weighted by atomic mass is 10.1. The molecule has 2 heterocycles. The van der Waals surface area contributed by atoms with Crippen LogP contribution in [0.2, 0.25) is 0 Å². The number of fused-ring (bicyclic) bond motifs is 1. The maximum Gasteiger partial charge on any atom is 0.164 e. The van der Waals surface area contributed by atoms with Gasteiger partial charge in [-0.3, -0.25) is 0 Å². The van der Waals surface area contributed by atoms with Crippen molar-refractivity contribution in [3.8, 4) is 0 Å². The van der Waals surface area contributed by atoms with Crippen molar-refractivity contribution < 1.29 is 9.50 Å². The molecule has 0 amide bonds. The van der Waals surface area contributed by atoms with E-state index in [1.165, 1.54) is 25.0 Å². The lowest BCUT2D eigenvalue weighted by molar-refractivity contribution is 0.209. The van der Waals surface area contributed by atoms with Gasteiger partial charge in [-0.1, -0.05) is 25.0 Å². The third kappa shape index (κ3) is 3.44. The maximum atomic E-state index is 13.1. The molecule has 0 radical (unpaired) electrons. The number of aliphatic hydroxyl groups is 1. The van der Waals surface area contributed by atoms with Crippen LogP contribution < -0.4 is 10.6 Å². The summed E-state index contributed by atoms with van der Waals surface area (Å²) in [5.74, 6) is 0.831. The van der Waals surface area contributed by atoms with E-state index in [0.29, 0.717) is 17.4 Å². The van der Waals surface area contributed by atoms with Gasteiger partial charge in [-0.05, 0) is 43.4 Å². The van der Waals surface area contributed by atoms with Gasteiger partial charge in [0.2, 0.25) is 0 Å². The van der Waals surface area contributed by atoms with Crippen LogP contribution >= 0.6 is 0 Å². The molecule has 6 heteroatoms. The fourth-order valence-corrected chi connectivity index (χ4v) is 3.65. The Morgan fingerprint density at radius 2 is 1.88 bits per heavy atom. The first-order chi connectivity index (χ1) is 12.2. The van der Waals surface area contributed by atoms with E-state index in [1.807, 2.05) is 0 Å². The Balaban J connectivity index is 1.68. The Hall–Kier alpha value is -2.21. The van der Waals surface area contributed by atoms with E-state index in [0.717, 1.165) is 49.4 Å². The Bertz CT molecular complexity index is 744. The van der Waals surface area contributed by atoms with Crippen molar-refractivity contribution in [2.75, 3.05) is 17.2 Å². The largest absolute Gasteiger partial charge is 0.381 e. The highest BCUT2D eigenvalue weighted by atomic mass is 19.1. The zero-order valence-corrected chi connectivity index (χ0v) is 14.1. The highest BCUT2D eigenvalue weighted by Crippen LogP contribution is 2.32. The first kappa shape index (κ1) is 16.3. The molecule has 1 aromatic heterocycles. The van der Waals surface area contributed by atoms with E-state index < -0.39 is 6.10 Å². The minimum atomic E-state index is -0.961. The molecule has 0 saturated heterocycles. The van der Waals surface area contributed by atoms with Crippen molar-refractivity contribution >= 4 is 11.5 Å². The topological polar surface area (TPSA) is 70.1 Å². The molecule has 1 aliphatic heterocycles. The van der Waals surface area contributed by atoms with Crippen LogP contribution in [-0.2, 0) is 6.42 Å². The van der Waals surface area contributed by atoms with Crippen LogP contribution in [0, 0.1) is 5.82 Å². The molecule has 2 aliphatic rings. The number of hydrogen-bond acceptors (Lipinski definition) is 5. The highest BCUT2D eigenvalue weighted by molar-refractivity contribution is 5.68. The van der Waals surface area contributed by atoms with Crippen LogP contribution in [0.4, 0.5) is 15.9 Å². The molecule has 1 aromatic carbocycles. The molecular weight excluding hydrogens is 319 g/mol. The van der Waals surface area contributed by atoms with Crippen molar-refractivity contribution in [1.29, 1.82) is 0 Å². The number of hydrogen-bond donors (Lipinski definition) is 3. The van der Waals surface area contributed by atoms with Gasteiger partial charge in [-0.25, -0.2) is 14.4 Å². The summed E-state index contributed by atoms with van der Waals surface area (Å²) in [5.41, 5.74) is 2.50. The first-order valence-electron chi connectivity index (χ1n) is 9.05. The van der Waals surface area contributed by atoms with Gasteiger partial charge in [0.25, 0.3) is 0 Å². The number of nitrogens with zero attached hydrogens (tertiary/aromatic N) is 2. The van der Waals surface area contributed by atoms with E-state index in [4.69, 9.17) is 0 Å². The summed E-state index contributed by atoms with van der Waals surface area (Å²) in [5, 5.41) is 17.6. The molecule has 3 N–H and O–H groups in total. The quantitative estimate of drug-likeness (QED) is 0.794. The van der Waals surface area contributed by atoms with Crippen LogP contribution in [0.3, 0.4) is 0 Å². The summed E-state index contributed by atoms with van der Waals surface area (Å²) >= 11 is 0. The zero-order valence-electron chi connectivity index (χ0n) is 14.1. The molecule has 0 bridgehead atoms. The number of aromatic nitrogens is 2. The molecular formula is C19H23FN4O. The molecule has 1 saturated carbocycles. The Labute approximate surface area is 146 Å². The number of rotatable bonds is 4. The molecule has 1 unspecified atom stereocenters. The standard InChI is InChI=1S/C19H23FN4O/c20-13-9-7-12(8-10-13)17(25)19-23-15-6-3-11-21-16(15)18(24-19)22-14-4-1-2-5-14/h7-10,14,17,21,25H,1-6,11H2,(H,22,23,24). The second kappa shape index (κ2) is 6.96. The smallest absolute Gasteiger partial charge is 0.164 e. The average Bonchev–Trinajstić information content (AvgIpc) is 3.15. The Morgan fingerprint density at radius 1 is 1.12 bits per heavy atom. The maximum absolute atomic E-state index is 13.1. The summed E-state index contributed by atoms with van der Waals surface area (Å²) in [4.78, 5) is 9.21. The van der Waals surface area contributed by atoms with Gasteiger partial charge >= 0.3 is 0 Å². The van der Waals surface area contributed by atoms with Crippen molar-refractivity contribution in [1.82, 2.24) is 9.97 Å². The molecule has 5 nitrogen and oxygen atoms in total. The number of halogens is 1. The molecule has 1 atom stereocenters. The fourth-order valence-electron chi connectivity index (χ4n) is 3.65. The number of nitrogens with one attached hydrogen (secondary N) is 2. The van der Waals surface area contributed by atoms with Crippen molar-refractivity contribution in [2.45, 2.75) is 50.7 Å². The number of aliphatic hydroxyl groups excluding tert-OH is 1. The first-order valence-corrected chi connectivity index (χ1v) is 9.05. The van der Waals surface area contributed by atoms with Gasteiger partial charge in [0.1, 0.15) is 11.9 Å². The van der Waals surface area contributed by atoms with Gasteiger partial charge in [-0.15, -0.1) is 0 Å². The van der Waals surface area contributed by atoms with Crippen molar-refractivity contribution in [2.24, 2.45) is 0 Å². The van der Waals surface area contributed by atoms with Crippen LogP contribution in [0.25, 0.3) is 0 Å². The minimum Gasteiger partial charge on any atom is -0.381 e. The number of anilines is 2. The van der Waals surface area contributed by atoms with E-state index in [-0.39, 0.29) is 5.82 Å². The Morgan fingerprint density at radius 3 is 2.64 bits per heavy atom. The number of benzene rings is 1. The van der Waals surface area contributed by atoms with E-state index >= 15 is 0 Å². The number of aryl methyl sites for hydroxylation is 1. The molecule has 4 rings (SSSR count). The predicted octanol–water partition coefficient (Wildman–Crippen LogP) is 3.41. The van der Waals surface area contributed by atoms with Crippen LogP contribution in [-0.4, -0.2) is 27.7 Å². The molecule has 132 valence electrons. The van der Waals surface area contributed by atoms with Gasteiger partial charge in [0, 0.05) is 12.6 Å². The summed E-state index contributed by atoms with van der Waals surface area (Å²) in [7, 11) is 0. The molecule has 1 aliphatic carbocycles. The van der Waals surface area contributed by atoms with E-state index in [9.17, 15) is 9.50 Å². The summed E-state index contributed by atoms with van der Waals surface area (Å²) in [6.07, 6.45) is 5.69. The van der Waals surface area contributed by atoms with Crippen molar-refractivity contribution in [3.63, 3.8) is 0 Å². The SMILES string of the molecule is OC(c1ccc(F)cc1)c1nc2c(c(NC3CCCC3)n1)NCCC2. The third-order valence-electron chi connectivity index (χ3n) is 5.02. The van der Waals surface area contributed by atoms with Gasteiger partial charge in [-0.2, -0.15) is 0 Å². The summed E-state index contributed by atoms with van der Waals surface area (Å²) < 4.78 is 13.1. The second-order valence-corrected chi connectivity index (χ2v) is 6.86. The van der Waals surface area contributed by atoms with E-state index in [2.05, 4.69) is 20.6 Å². The normalized spacial score (nSPS) is 18.5. The lowest BCUT2D eigenvalue weighted by Gasteiger charge is -2.24. The minimum absolute atomic E-state index is 0.324. The molecule has 25 heavy (non-hydrogen) atoms. The highest BCUT2D eigenvalue weighted by Gasteiger charge is 2.24. The molecule has 0 spiro atoms.